The van der Waals surface area contributed by atoms with Gasteiger partial charge in [-0.15, -0.1) is 0 Å². The fourth-order valence-corrected chi connectivity index (χ4v) is 2.03. The van der Waals surface area contributed by atoms with E-state index in [0.717, 1.165) is 22.5 Å². The summed E-state index contributed by atoms with van der Waals surface area (Å²) in [5.41, 5.74) is 3.59. The van der Waals surface area contributed by atoms with Gasteiger partial charge in [-0.05, 0) is 43.7 Å². The van der Waals surface area contributed by atoms with E-state index < -0.39 is 0 Å². The Morgan fingerprint density at radius 3 is 2.55 bits per heavy atom. The summed E-state index contributed by atoms with van der Waals surface area (Å²) in [5, 5.41) is 3.34. The van der Waals surface area contributed by atoms with Crippen LogP contribution in [-0.2, 0) is 6.54 Å². The van der Waals surface area contributed by atoms with Crippen LogP contribution in [0.3, 0.4) is 0 Å². The van der Waals surface area contributed by atoms with Crippen LogP contribution in [0.5, 0.6) is 0 Å². The van der Waals surface area contributed by atoms with Crippen molar-refractivity contribution in [1.29, 1.82) is 0 Å². The number of hydrogen-bond donors (Lipinski definition) is 1. The minimum atomic E-state index is -0.236. The molecule has 0 radical (unpaired) electrons. The number of benzene rings is 1. The molecule has 0 bridgehead atoms. The Bertz CT molecular complexity index is 609. The van der Waals surface area contributed by atoms with Crippen molar-refractivity contribution < 1.29 is 4.39 Å². The topological polar surface area (TPSA) is 37.8 Å². The Morgan fingerprint density at radius 1 is 1.15 bits per heavy atom. The van der Waals surface area contributed by atoms with E-state index in [0.29, 0.717) is 18.4 Å². The summed E-state index contributed by atoms with van der Waals surface area (Å²) < 4.78 is 13.2. The fraction of sp³-hybridized carbons (Fsp3) is 0.375. The first-order valence-corrected chi connectivity index (χ1v) is 6.80. The SMILES string of the molecule is Cc1cc(CNC(C)C)nc(-c2ccc(F)cc2C)n1. The zero-order valence-electron chi connectivity index (χ0n) is 12.4. The number of nitrogens with one attached hydrogen (secondary N) is 1. The summed E-state index contributed by atoms with van der Waals surface area (Å²) in [6.45, 7) is 8.71. The average molecular weight is 273 g/mol. The zero-order valence-corrected chi connectivity index (χ0v) is 12.4. The lowest BCUT2D eigenvalue weighted by atomic mass is 10.1. The van der Waals surface area contributed by atoms with Crippen LogP contribution >= 0.6 is 0 Å². The first kappa shape index (κ1) is 14.6. The fourth-order valence-electron chi connectivity index (χ4n) is 2.03. The average Bonchev–Trinajstić information content (AvgIpc) is 2.35. The molecule has 0 aliphatic rings. The van der Waals surface area contributed by atoms with Crippen LogP contribution in [-0.4, -0.2) is 16.0 Å². The molecule has 0 aliphatic carbocycles. The Hall–Kier alpha value is -1.81. The van der Waals surface area contributed by atoms with E-state index in [9.17, 15) is 4.39 Å². The molecule has 1 aromatic carbocycles. The molecule has 2 aromatic rings. The molecule has 20 heavy (non-hydrogen) atoms. The van der Waals surface area contributed by atoms with Crippen molar-refractivity contribution in [3.8, 4) is 11.4 Å². The van der Waals surface area contributed by atoms with Crippen molar-refractivity contribution in [2.24, 2.45) is 0 Å². The molecule has 0 amide bonds. The molecule has 0 saturated carbocycles. The predicted molar refractivity (Wildman–Crippen MR) is 78.9 cm³/mol. The third-order valence-corrected chi connectivity index (χ3v) is 3.03. The van der Waals surface area contributed by atoms with Gasteiger partial charge in [0.05, 0.1) is 5.69 Å². The number of halogens is 1. The second-order valence-electron chi connectivity index (χ2n) is 5.32. The second-order valence-corrected chi connectivity index (χ2v) is 5.32. The number of hydrogen-bond acceptors (Lipinski definition) is 3. The molecule has 0 atom stereocenters. The molecule has 2 rings (SSSR count). The highest BCUT2D eigenvalue weighted by Gasteiger charge is 2.09. The molecule has 0 aliphatic heterocycles. The normalized spacial score (nSPS) is 11.1. The minimum absolute atomic E-state index is 0.236. The third-order valence-electron chi connectivity index (χ3n) is 3.03. The van der Waals surface area contributed by atoms with Gasteiger partial charge in [0.25, 0.3) is 0 Å². The van der Waals surface area contributed by atoms with Crippen molar-refractivity contribution in [2.75, 3.05) is 0 Å². The minimum Gasteiger partial charge on any atom is -0.309 e. The number of aromatic nitrogens is 2. The van der Waals surface area contributed by atoms with Gasteiger partial charge in [0.2, 0.25) is 0 Å². The van der Waals surface area contributed by atoms with Gasteiger partial charge in [0.1, 0.15) is 5.82 Å². The lowest BCUT2D eigenvalue weighted by Crippen LogP contribution is -2.22. The summed E-state index contributed by atoms with van der Waals surface area (Å²) in [5.74, 6) is 0.420. The Balaban J connectivity index is 2.36. The highest BCUT2D eigenvalue weighted by atomic mass is 19.1. The van der Waals surface area contributed by atoms with Gasteiger partial charge in [-0.2, -0.15) is 0 Å². The number of nitrogens with zero attached hydrogens (tertiary/aromatic N) is 2. The largest absolute Gasteiger partial charge is 0.309 e. The Kier molecular flexibility index (Phi) is 4.45. The maximum absolute atomic E-state index is 13.2. The molecule has 1 heterocycles. The maximum atomic E-state index is 13.2. The molecule has 3 nitrogen and oxygen atoms in total. The Morgan fingerprint density at radius 2 is 1.90 bits per heavy atom. The molecule has 1 N–H and O–H groups in total. The van der Waals surface area contributed by atoms with Crippen molar-refractivity contribution in [1.82, 2.24) is 15.3 Å². The first-order valence-electron chi connectivity index (χ1n) is 6.80. The van der Waals surface area contributed by atoms with Crippen LogP contribution in [0.25, 0.3) is 11.4 Å². The molecule has 0 fully saturated rings. The lowest BCUT2D eigenvalue weighted by Gasteiger charge is -2.11. The summed E-state index contributed by atoms with van der Waals surface area (Å²) in [7, 11) is 0. The number of rotatable bonds is 4. The predicted octanol–water partition coefficient (Wildman–Crippen LogP) is 3.40. The second kappa shape index (κ2) is 6.09. The molecule has 0 spiro atoms. The highest BCUT2D eigenvalue weighted by Crippen LogP contribution is 2.21. The lowest BCUT2D eigenvalue weighted by molar-refractivity contribution is 0.580. The van der Waals surface area contributed by atoms with Gasteiger partial charge in [-0.3, -0.25) is 0 Å². The van der Waals surface area contributed by atoms with Gasteiger partial charge in [0, 0.05) is 23.8 Å². The summed E-state index contributed by atoms with van der Waals surface area (Å²) in [6.07, 6.45) is 0. The van der Waals surface area contributed by atoms with Crippen LogP contribution < -0.4 is 5.32 Å². The molecule has 1 aromatic heterocycles. The van der Waals surface area contributed by atoms with Crippen molar-refractivity contribution in [2.45, 2.75) is 40.3 Å². The van der Waals surface area contributed by atoms with Crippen molar-refractivity contribution >= 4 is 0 Å². The zero-order chi connectivity index (χ0) is 14.7. The monoisotopic (exact) mass is 273 g/mol. The third kappa shape index (κ3) is 3.61. The summed E-state index contributed by atoms with van der Waals surface area (Å²) >= 11 is 0. The molecule has 0 saturated heterocycles. The maximum Gasteiger partial charge on any atom is 0.159 e. The molecular formula is C16H20FN3. The highest BCUT2D eigenvalue weighted by molar-refractivity contribution is 5.60. The first-order chi connectivity index (χ1) is 9.45. The van der Waals surface area contributed by atoms with Crippen LogP contribution in [0.4, 0.5) is 4.39 Å². The number of aryl methyl sites for hydroxylation is 2. The molecule has 4 heteroatoms. The van der Waals surface area contributed by atoms with Gasteiger partial charge >= 0.3 is 0 Å². The van der Waals surface area contributed by atoms with Crippen LogP contribution in [0, 0.1) is 19.7 Å². The van der Waals surface area contributed by atoms with Crippen LogP contribution in [0.1, 0.15) is 30.8 Å². The van der Waals surface area contributed by atoms with Crippen molar-refractivity contribution in [3.63, 3.8) is 0 Å². The van der Waals surface area contributed by atoms with Gasteiger partial charge in [-0.25, -0.2) is 14.4 Å². The summed E-state index contributed by atoms with van der Waals surface area (Å²) in [6, 6.07) is 7.06. The Labute approximate surface area is 119 Å². The van der Waals surface area contributed by atoms with E-state index >= 15 is 0 Å². The summed E-state index contributed by atoms with van der Waals surface area (Å²) in [4.78, 5) is 9.03. The quantitative estimate of drug-likeness (QED) is 0.927. The van der Waals surface area contributed by atoms with Crippen LogP contribution in [0.2, 0.25) is 0 Å². The standard InChI is InChI=1S/C16H20FN3/c1-10(2)18-9-14-8-12(4)19-16(20-14)15-6-5-13(17)7-11(15)3/h5-8,10,18H,9H2,1-4H3. The van der Waals surface area contributed by atoms with Gasteiger partial charge in [-0.1, -0.05) is 13.8 Å². The molecule has 0 unspecified atom stereocenters. The van der Waals surface area contributed by atoms with E-state index in [1.54, 1.807) is 6.07 Å². The van der Waals surface area contributed by atoms with E-state index in [1.165, 1.54) is 12.1 Å². The molecule has 106 valence electrons. The van der Waals surface area contributed by atoms with Crippen LogP contribution in [0.15, 0.2) is 24.3 Å². The molecular weight excluding hydrogens is 253 g/mol. The van der Waals surface area contributed by atoms with E-state index in [1.807, 2.05) is 19.9 Å². The van der Waals surface area contributed by atoms with Crippen molar-refractivity contribution in [3.05, 3.63) is 47.0 Å². The van der Waals surface area contributed by atoms with Gasteiger partial charge < -0.3 is 5.32 Å². The van der Waals surface area contributed by atoms with Gasteiger partial charge in [0.15, 0.2) is 5.82 Å². The smallest absolute Gasteiger partial charge is 0.159 e. The van der Waals surface area contributed by atoms with E-state index in [-0.39, 0.29) is 5.82 Å². The van der Waals surface area contributed by atoms with E-state index in [2.05, 4.69) is 29.1 Å². The van der Waals surface area contributed by atoms with E-state index in [4.69, 9.17) is 0 Å².